The molecular weight excluding hydrogens is 606 g/mol. The SMILES string of the molecule is O=C(O)c1cccc(CCCCCC(Cl)Cl)c1C(=O)O.O=C(O)c1ccccc1C(=O)OCCCCCC(Cl)Cl. The summed E-state index contributed by atoms with van der Waals surface area (Å²) in [4.78, 5) is 44.3. The molecule has 0 atom stereocenters. The Bertz CT molecular complexity index is 1120. The lowest BCUT2D eigenvalue weighted by atomic mass is 9.96. The molecule has 0 saturated carbocycles. The molecule has 0 heterocycles. The summed E-state index contributed by atoms with van der Waals surface area (Å²) in [5.74, 6) is -4.20. The minimum atomic E-state index is -1.23. The van der Waals surface area contributed by atoms with Crippen LogP contribution in [0.15, 0.2) is 42.5 Å². The van der Waals surface area contributed by atoms with Crippen molar-refractivity contribution in [3.05, 3.63) is 70.3 Å². The zero-order valence-electron chi connectivity index (χ0n) is 21.7. The fraction of sp³-hybridized carbons (Fsp3) is 0.429. The van der Waals surface area contributed by atoms with Crippen molar-refractivity contribution in [2.45, 2.75) is 67.5 Å². The van der Waals surface area contributed by atoms with Gasteiger partial charge in [-0.25, -0.2) is 19.2 Å². The third kappa shape index (κ3) is 13.7. The van der Waals surface area contributed by atoms with E-state index in [1.807, 2.05) is 0 Å². The molecule has 220 valence electrons. The highest BCUT2D eigenvalue weighted by molar-refractivity contribution is 6.44. The number of carbonyl (C=O) groups excluding carboxylic acids is 1. The van der Waals surface area contributed by atoms with Gasteiger partial charge in [0.2, 0.25) is 0 Å². The van der Waals surface area contributed by atoms with Crippen LogP contribution >= 0.6 is 46.4 Å². The van der Waals surface area contributed by atoms with Crippen molar-refractivity contribution in [3.63, 3.8) is 0 Å². The van der Waals surface area contributed by atoms with E-state index in [2.05, 4.69) is 0 Å². The molecule has 2 rings (SSSR count). The summed E-state index contributed by atoms with van der Waals surface area (Å²) >= 11 is 22.4. The molecule has 0 bridgehead atoms. The topological polar surface area (TPSA) is 138 Å². The quantitative estimate of drug-likeness (QED) is 0.0959. The molecule has 0 aliphatic rings. The summed E-state index contributed by atoms with van der Waals surface area (Å²) in [5.41, 5.74) is 0.279. The molecule has 0 radical (unpaired) electrons. The number of ether oxygens (including phenoxy) is 1. The Morgan fingerprint density at radius 1 is 0.625 bits per heavy atom. The first kappa shape index (κ1) is 35.5. The molecule has 12 heteroatoms. The van der Waals surface area contributed by atoms with E-state index >= 15 is 0 Å². The molecular formula is C28H32Cl4O8. The van der Waals surface area contributed by atoms with Crippen molar-refractivity contribution < 1.29 is 39.2 Å². The number of aromatic carboxylic acids is 3. The highest BCUT2D eigenvalue weighted by Gasteiger charge is 2.19. The number of unbranched alkanes of at least 4 members (excludes halogenated alkanes) is 4. The second kappa shape index (κ2) is 19.5. The van der Waals surface area contributed by atoms with E-state index in [0.29, 0.717) is 31.2 Å². The molecule has 0 aliphatic heterocycles. The first-order valence-corrected chi connectivity index (χ1v) is 14.3. The molecule has 2 aromatic rings. The third-order valence-electron chi connectivity index (χ3n) is 5.64. The van der Waals surface area contributed by atoms with Crippen molar-refractivity contribution in [1.29, 1.82) is 0 Å². The van der Waals surface area contributed by atoms with Crippen LogP contribution in [0.3, 0.4) is 0 Å². The van der Waals surface area contributed by atoms with E-state index in [1.54, 1.807) is 24.3 Å². The number of carboxylic acid groups (broad SMARTS) is 3. The van der Waals surface area contributed by atoms with Crippen LogP contribution in [-0.4, -0.2) is 55.5 Å². The van der Waals surface area contributed by atoms with Gasteiger partial charge in [0, 0.05) is 0 Å². The van der Waals surface area contributed by atoms with Crippen molar-refractivity contribution in [1.82, 2.24) is 0 Å². The van der Waals surface area contributed by atoms with Crippen LogP contribution in [-0.2, 0) is 11.2 Å². The molecule has 0 fully saturated rings. The van der Waals surface area contributed by atoms with E-state index in [-0.39, 0.29) is 38.5 Å². The van der Waals surface area contributed by atoms with Gasteiger partial charge in [-0.05, 0) is 62.3 Å². The van der Waals surface area contributed by atoms with Gasteiger partial charge in [0.05, 0.1) is 28.9 Å². The van der Waals surface area contributed by atoms with Gasteiger partial charge in [0.15, 0.2) is 0 Å². The largest absolute Gasteiger partial charge is 0.478 e. The summed E-state index contributed by atoms with van der Waals surface area (Å²) in [6, 6.07) is 10.5. The Morgan fingerprint density at radius 3 is 1.68 bits per heavy atom. The maximum absolute atomic E-state index is 11.8. The number of halogens is 4. The molecule has 40 heavy (non-hydrogen) atoms. The lowest BCUT2D eigenvalue weighted by Gasteiger charge is -2.09. The van der Waals surface area contributed by atoms with Crippen molar-refractivity contribution >= 4 is 70.3 Å². The van der Waals surface area contributed by atoms with Crippen molar-refractivity contribution in [2.75, 3.05) is 6.61 Å². The van der Waals surface area contributed by atoms with Crippen LogP contribution in [0.25, 0.3) is 0 Å². The fourth-order valence-corrected chi connectivity index (χ4v) is 4.32. The Kier molecular flexibility index (Phi) is 17.3. The van der Waals surface area contributed by atoms with Crippen LogP contribution in [0.2, 0.25) is 0 Å². The van der Waals surface area contributed by atoms with Gasteiger partial charge in [0.25, 0.3) is 0 Å². The number of hydrogen-bond donors (Lipinski definition) is 3. The number of aryl methyl sites for hydroxylation is 1. The molecule has 0 unspecified atom stereocenters. The summed E-state index contributed by atoms with van der Waals surface area (Å²) in [7, 11) is 0. The average Bonchev–Trinajstić information content (AvgIpc) is 2.90. The van der Waals surface area contributed by atoms with Gasteiger partial charge in [-0.2, -0.15) is 0 Å². The van der Waals surface area contributed by atoms with E-state index in [0.717, 1.165) is 32.1 Å². The van der Waals surface area contributed by atoms with Crippen LogP contribution in [0.1, 0.15) is 98.4 Å². The number of carboxylic acids is 3. The average molecular weight is 638 g/mol. The number of rotatable bonds is 16. The van der Waals surface area contributed by atoms with Crippen LogP contribution in [0, 0.1) is 0 Å². The second-order valence-electron chi connectivity index (χ2n) is 8.67. The lowest BCUT2D eigenvalue weighted by Crippen LogP contribution is -2.12. The lowest BCUT2D eigenvalue weighted by molar-refractivity contribution is 0.0487. The van der Waals surface area contributed by atoms with Crippen LogP contribution in [0.5, 0.6) is 0 Å². The van der Waals surface area contributed by atoms with E-state index in [1.165, 1.54) is 18.2 Å². The molecule has 8 nitrogen and oxygen atoms in total. The van der Waals surface area contributed by atoms with Gasteiger partial charge in [-0.1, -0.05) is 43.5 Å². The van der Waals surface area contributed by atoms with Gasteiger partial charge < -0.3 is 20.1 Å². The molecule has 0 amide bonds. The predicted octanol–water partition coefficient (Wildman–Crippen LogP) is 7.90. The maximum atomic E-state index is 11.8. The normalized spacial score (nSPS) is 10.7. The Hall–Kier alpha value is -2.52. The van der Waals surface area contributed by atoms with Gasteiger partial charge in [-0.3, -0.25) is 0 Å². The summed E-state index contributed by atoms with van der Waals surface area (Å²) in [6.07, 6.45) is 6.84. The molecule has 3 N–H and O–H groups in total. The smallest absolute Gasteiger partial charge is 0.339 e. The first-order valence-electron chi connectivity index (χ1n) is 12.6. The highest BCUT2D eigenvalue weighted by Crippen LogP contribution is 2.19. The van der Waals surface area contributed by atoms with Gasteiger partial charge in [0.1, 0.15) is 9.67 Å². The zero-order valence-corrected chi connectivity index (χ0v) is 24.7. The number of alkyl halides is 4. The number of esters is 1. The zero-order chi connectivity index (χ0) is 30.1. The van der Waals surface area contributed by atoms with E-state index < -0.39 is 23.9 Å². The fourth-order valence-electron chi connectivity index (χ4n) is 3.70. The van der Waals surface area contributed by atoms with Crippen LogP contribution < -0.4 is 0 Å². The van der Waals surface area contributed by atoms with Gasteiger partial charge in [-0.15, -0.1) is 46.4 Å². The van der Waals surface area contributed by atoms with Crippen molar-refractivity contribution in [3.8, 4) is 0 Å². The number of hydrogen-bond acceptors (Lipinski definition) is 5. The number of benzene rings is 2. The second-order valence-corrected chi connectivity index (χ2v) is 11.2. The Labute approximate surface area is 253 Å². The predicted molar refractivity (Wildman–Crippen MR) is 156 cm³/mol. The minimum Gasteiger partial charge on any atom is -0.478 e. The summed E-state index contributed by atoms with van der Waals surface area (Å²) in [6.45, 7) is 0.252. The third-order valence-corrected chi connectivity index (χ3v) is 6.51. The van der Waals surface area contributed by atoms with Crippen molar-refractivity contribution in [2.24, 2.45) is 0 Å². The molecule has 0 saturated heterocycles. The molecule has 0 aliphatic carbocycles. The van der Waals surface area contributed by atoms with E-state index in [9.17, 15) is 24.3 Å². The number of carbonyl (C=O) groups is 4. The molecule has 0 spiro atoms. The van der Waals surface area contributed by atoms with Gasteiger partial charge >= 0.3 is 23.9 Å². The summed E-state index contributed by atoms with van der Waals surface area (Å²) in [5, 5.41) is 27.2. The molecule has 0 aromatic heterocycles. The Morgan fingerprint density at radius 2 is 1.15 bits per heavy atom. The molecule has 2 aromatic carbocycles. The standard InChI is InChI=1S/2C14H16Cl2O4/c15-12(16)8-2-1-5-9-20-14(19)11-7-4-3-6-10(11)13(17)18;15-11(16)8-3-1-2-5-9-6-4-7-10(13(17)18)12(9)14(19)20/h3-4,6-7,12H,1-2,5,8-9H2,(H,17,18);4,6-7,11H,1-3,5,8H2,(H,17,18)(H,19,20). The first-order chi connectivity index (χ1) is 19.0. The minimum absolute atomic E-state index is 0.0513. The van der Waals surface area contributed by atoms with E-state index in [4.69, 9.17) is 61.4 Å². The maximum Gasteiger partial charge on any atom is 0.339 e. The Balaban J connectivity index is 0.000000400. The highest BCUT2D eigenvalue weighted by atomic mass is 35.5. The monoisotopic (exact) mass is 636 g/mol. The van der Waals surface area contributed by atoms with Crippen LogP contribution in [0.4, 0.5) is 0 Å². The summed E-state index contributed by atoms with van der Waals surface area (Å²) < 4.78 is 5.06.